The van der Waals surface area contributed by atoms with Gasteiger partial charge in [-0.05, 0) is 18.9 Å². The zero-order chi connectivity index (χ0) is 8.27. The lowest BCUT2D eigenvalue weighted by molar-refractivity contribution is 0.659. The molecule has 11 heavy (non-hydrogen) atoms. The van der Waals surface area contributed by atoms with Crippen LogP contribution in [0, 0.1) is 0 Å². The Bertz CT molecular complexity index is 218. The fraction of sp³-hybridized carbons (Fsp3) is 0.625. The Balaban J connectivity index is 2.58. The fourth-order valence-corrected chi connectivity index (χ4v) is 1.24. The quantitative estimate of drug-likeness (QED) is 0.684. The molecule has 1 rings (SSSR count). The van der Waals surface area contributed by atoms with Gasteiger partial charge in [-0.2, -0.15) is 17.7 Å². The molecule has 0 saturated heterocycles. The highest BCUT2D eigenvalue weighted by Crippen LogP contribution is 2.05. The Labute approximate surface area is 73.0 Å². The van der Waals surface area contributed by atoms with Gasteiger partial charge in [0, 0.05) is 18.0 Å². The normalized spacial score (nSPS) is 13.4. The van der Waals surface area contributed by atoms with Crippen molar-refractivity contribution in [1.82, 2.24) is 9.78 Å². The first-order chi connectivity index (χ1) is 5.22. The van der Waals surface area contributed by atoms with E-state index in [0.717, 1.165) is 13.0 Å². The Hall–Kier alpha value is -0.440. The van der Waals surface area contributed by atoms with Crippen molar-refractivity contribution in [2.75, 3.05) is 0 Å². The third-order valence-electron chi connectivity index (χ3n) is 1.54. The van der Waals surface area contributed by atoms with Gasteiger partial charge in [0.15, 0.2) is 0 Å². The van der Waals surface area contributed by atoms with Crippen LogP contribution in [0.5, 0.6) is 0 Å². The second-order valence-electron chi connectivity index (χ2n) is 2.76. The zero-order valence-electron chi connectivity index (χ0n) is 6.99. The second kappa shape index (κ2) is 3.81. The van der Waals surface area contributed by atoms with E-state index in [1.165, 1.54) is 5.56 Å². The molecule has 0 aliphatic rings. The van der Waals surface area contributed by atoms with Crippen LogP contribution in [0.3, 0.4) is 0 Å². The molecular weight excluding hydrogens is 156 g/mol. The van der Waals surface area contributed by atoms with Gasteiger partial charge in [0.05, 0.1) is 6.20 Å². The molecule has 0 fully saturated rings. The Kier molecular flexibility index (Phi) is 3.00. The first-order valence-electron chi connectivity index (χ1n) is 3.91. The van der Waals surface area contributed by atoms with Crippen molar-refractivity contribution in [2.24, 2.45) is 0 Å². The van der Waals surface area contributed by atoms with Crippen molar-refractivity contribution in [3.05, 3.63) is 18.0 Å². The molecule has 1 atom stereocenters. The molecule has 1 aromatic rings. The summed E-state index contributed by atoms with van der Waals surface area (Å²) >= 11 is 4.31. The van der Waals surface area contributed by atoms with Crippen molar-refractivity contribution < 1.29 is 0 Å². The average Bonchev–Trinajstić information content (AvgIpc) is 2.34. The lowest BCUT2D eigenvalue weighted by atomic mass is 10.2. The summed E-state index contributed by atoms with van der Waals surface area (Å²) in [5, 5.41) is 4.59. The van der Waals surface area contributed by atoms with E-state index < -0.39 is 0 Å². The molecule has 0 aromatic carbocycles. The molecule has 1 unspecified atom stereocenters. The molecule has 1 aromatic heterocycles. The van der Waals surface area contributed by atoms with Crippen LogP contribution in [0.25, 0.3) is 0 Å². The van der Waals surface area contributed by atoms with Gasteiger partial charge in [0.25, 0.3) is 0 Å². The number of rotatable bonds is 3. The third-order valence-corrected chi connectivity index (χ3v) is 1.72. The summed E-state index contributed by atoms with van der Waals surface area (Å²) in [4.78, 5) is 0. The van der Waals surface area contributed by atoms with Gasteiger partial charge < -0.3 is 0 Å². The van der Waals surface area contributed by atoms with Crippen molar-refractivity contribution in [2.45, 2.75) is 32.1 Å². The second-order valence-corrected chi connectivity index (χ2v) is 3.64. The predicted molar refractivity (Wildman–Crippen MR) is 50.1 cm³/mol. The van der Waals surface area contributed by atoms with Crippen molar-refractivity contribution in [3.63, 3.8) is 0 Å². The topological polar surface area (TPSA) is 17.8 Å². The van der Waals surface area contributed by atoms with E-state index in [1.54, 1.807) is 0 Å². The molecule has 0 aliphatic carbocycles. The standard InChI is InChI=1S/C8H14N2S/c1-3-10-6-8(5-9-10)4-7(2)11/h5-7,11H,3-4H2,1-2H3. The minimum absolute atomic E-state index is 0.421. The lowest BCUT2D eigenvalue weighted by Crippen LogP contribution is -1.96. The van der Waals surface area contributed by atoms with Crippen molar-refractivity contribution in [1.29, 1.82) is 0 Å². The highest BCUT2D eigenvalue weighted by Gasteiger charge is 1.99. The van der Waals surface area contributed by atoms with Gasteiger partial charge in [-0.1, -0.05) is 6.92 Å². The zero-order valence-corrected chi connectivity index (χ0v) is 7.88. The number of aromatic nitrogens is 2. The van der Waals surface area contributed by atoms with Gasteiger partial charge in [-0.25, -0.2) is 0 Å². The molecule has 1 heterocycles. The Morgan fingerprint density at radius 3 is 2.91 bits per heavy atom. The molecule has 0 N–H and O–H groups in total. The number of hydrogen-bond acceptors (Lipinski definition) is 2. The van der Waals surface area contributed by atoms with Crippen LogP contribution in [-0.4, -0.2) is 15.0 Å². The van der Waals surface area contributed by atoms with Crippen LogP contribution in [0.2, 0.25) is 0 Å². The molecular formula is C8H14N2S. The average molecular weight is 170 g/mol. The maximum Gasteiger partial charge on any atom is 0.0522 e. The summed E-state index contributed by atoms with van der Waals surface area (Å²) in [5.41, 5.74) is 1.27. The SMILES string of the molecule is CCn1cc(CC(C)S)cn1. The maximum atomic E-state index is 4.31. The number of aryl methyl sites for hydroxylation is 1. The van der Waals surface area contributed by atoms with E-state index in [9.17, 15) is 0 Å². The van der Waals surface area contributed by atoms with E-state index >= 15 is 0 Å². The summed E-state index contributed by atoms with van der Waals surface area (Å²) in [5.74, 6) is 0. The Morgan fingerprint density at radius 2 is 2.45 bits per heavy atom. The largest absolute Gasteiger partial charge is 0.273 e. The molecule has 3 heteroatoms. The van der Waals surface area contributed by atoms with Crippen molar-refractivity contribution >= 4 is 12.6 Å². The summed E-state index contributed by atoms with van der Waals surface area (Å²) in [6.45, 7) is 5.12. The smallest absolute Gasteiger partial charge is 0.0522 e. The van der Waals surface area contributed by atoms with Crippen LogP contribution in [0.1, 0.15) is 19.4 Å². The summed E-state index contributed by atoms with van der Waals surface area (Å²) in [6, 6.07) is 0. The van der Waals surface area contributed by atoms with Crippen LogP contribution in [-0.2, 0) is 13.0 Å². The third kappa shape index (κ3) is 2.58. The van der Waals surface area contributed by atoms with E-state index in [4.69, 9.17) is 0 Å². The highest BCUT2D eigenvalue weighted by molar-refractivity contribution is 7.80. The van der Waals surface area contributed by atoms with Gasteiger partial charge >= 0.3 is 0 Å². The van der Waals surface area contributed by atoms with Gasteiger partial charge in [-0.3, -0.25) is 4.68 Å². The highest BCUT2D eigenvalue weighted by atomic mass is 32.1. The van der Waals surface area contributed by atoms with Gasteiger partial charge in [0.1, 0.15) is 0 Å². The molecule has 0 aliphatic heterocycles. The van der Waals surface area contributed by atoms with E-state index in [0.29, 0.717) is 5.25 Å². The van der Waals surface area contributed by atoms with Crippen LogP contribution in [0.4, 0.5) is 0 Å². The molecule has 0 saturated carbocycles. The minimum Gasteiger partial charge on any atom is -0.273 e. The van der Waals surface area contributed by atoms with E-state index in [2.05, 4.69) is 37.8 Å². The number of thiol groups is 1. The molecule has 2 nitrogen and oxygen atoms in total. The number of nitrogens with zero attached hydrogens (tertiary/aromatic N) is 2. The monoisotopic (exact) mass is 170 g/mol. The molecule has 0 radical (unpaired) electrons. The molecule has 62 valence electrons. The van der Waals surface area contributed by atoms with Crippen LogP contribution in [0.15, 0.2) is 12.4 Å². The summed E-state index contributed by atoms with van der Waals surface area (Å²) < 4.78 is 1.94. The van der Waals surface area contributed by atoms with Crippen LogP contribution < -0.4 is 0 Å². The predicted octanol–water partition coefficient (Wildman–Crippen LogP) is 1.76. The molecule has 0 spiro atoms. The lowest BCUT2D eigenvalue weighted by Gasteiger charge is -1.98. The van der Waals surface area contributed by atoms with Gasteiger partial charge in [-0.15, -0.1) is 0 Å². The molecule has 0 bridgehead atoms. The molecule has 0 amide bonds. The summed E-state index contributed by atoms with van der Waals surface area (Å²) in [7, 11) is 0. The first-order valence-corrected chi connectivity index (χ1v) is 4.43. The Morgan fingerprint density at radius 1 is 1.73 bits per heavy atom. The van der Waals surface area contributed by atoms with Crippen molar-refractivity contribution in [3.8, 4) is 0 Å². The fourth-order valence-electron chi connectivity index (χ4n) is 1.03. The maximum absolute atomic E-state index is 4.31. The van der Waals surface area contributed by atoms with E-state index in [1.807, 2.05) is 10.9 Å². The minimum atomic E-state index is 0.421. The van der Waals surface area contributed by atoms with Crippen LogP contribution >= 0.6 is 12.6 Å². The number of hydrogen-bond donors (Lipinski definition) is 1. The summed E-state index contributed by atoms with van der Waals surface area (Å²) in [6.07, 6.45) is 4.99. The van der Waals surface area contributed by atoms with E-state index in [-0.39, 0.29) is 0 Å². The first kappa shape index (κ1) is 8.65. The van der Waals surface area contributed by atoms with Gasteiger partial charge in [0.2, 0.25) is 0 Å².